The Labute approximate surface area is 123 Å². The Morgan fingerprint density at radius 3 is 2.57 bits per heavy atom. The minimum atomic E-state index is -1.08. The highest BCUT2D eigenvalue weighted by Gasteiger charge is 2.38. The van der Waals surface area contributed by atoms with Crippen molar-refractivity contribution in [2.24, 2.45) is 5.92 Å². The van der Waals surface area contributed by atoms with Crippen LogP contribution >= 0.6 is 0 Å². The van der Waals surface area contributed by atoms with Gasteiger partial charge in [-0.05, 0) is 43.0 Å². The smallest absolute Gasteiger partial charge is 0.323 e. The summed E-state index contributed by atoms with van der Waals surface area (Å²) in [6.45, 7) is 1.69. The molecule has 6 nitrogen and oxygen atoms in total. The number of benzene rings is 1. The average molecular weight is 292 g/mol. The van der Waals surface area contributed by atoms with Crippen molar-refractivity contribution in [2.45, 2.75) is 32.2 Å². The first-order valence-electron chi connectivity index (χ1n) is 7.10. The number of rotatable bonds is 6. The molecule has 6 heteroatoms. The summed E-state index contributed by atoms with van der Waals surface area (Å²) in [7, 11) is 0. The average Bonchev–Trinajstić information content (AvgIpc) is 3.15. The number of carboxylic acids is 1. The Hall–Kier alpha value is -2.24. The molecule has 0 spiro atoms. The molecule has 0 bridgehead atoms. The fourth-order valence-electron chi connectivity index (χ4n) is 2.40. The van der Waals surface area contributed by atoms with Crippen LogP contribution in [0.1, 0.15) is 26.2 Å². The summed E-state index contributed by atoms with van der Waals surface area (Å²) in [4.78, 5) is 24.4. The van der Waals surface area contributed by atoms with Gasteiger partial charge >= 0.3 is 12.0 Å². The second-order valence-corrected chi connectivity index (χ2v) is 5.34. The number of amides is 2. The van der Waals surface area contributed by atoms with Crippen molar-refractivity contribution in [3.05, 3.63) is 24.3 Å². The Balaban J connectivity index is 2.03. The number of aliphatic carboxylic acids is 1. The highest BCUT2D eigenvalue weighted by atomic mass is 16.4. The highest BCUT2D eigenvalue weighted by Crippen LogP contribution is 2.34. The fourth-order valence-corrected chi connectivity index (χ4v) is 2.40. The molecule has 2 unspecified atom stereocenters. The van der Waals surface area contributed by atoms with Crippen LogP contribution in [-0.4, -0.2) is 34.8 Å². The van der Waals surface area contributed by atoms with Crippen molar-refractivity contribution in [1.82, 2.24) is 5.32 Å². The lowest BCUT2D eigenvalue weighted by Crippen LogP contribution is -2.44. The van der Waals surface area contributed by atoms with Crippen molar-refractivity contribution in [2.75, 3.05) is 11.4 Å². The lowest BCUT2D eigenvalue weighted by molar-refractivity contribution is -0.135. The molecule has 3 N–H and O–H groups in total. The monoisotopic (exact) mass is 292 g/mol. The van der Waals surface area contributed by atoms with Crippen molar-refractivity contribution >= 4 is 17.7 Å². The van der Waals surface area contributed by atoms with Crippen LogP contribution in [-0.2, 0) is 4.79 Å². The summed E-state index contributed by atoms with van der Waals surface area (Å²) in [6.07, 6.45) is 3.10. The van der Waals surface area contributed by atoms with Gasteiger partial charge in [0.2, 0.25) is 0 Å². The number of hydrogen-bond acceptors (Lipinski definition) is 3. The van der Waals surface area contributed by atoms with Gasteiger partial charge in [-0.15, -0.1) is 0 Å². The van der Waals surface area contributed by atoms with E-state index in [1.165, 1.54) is 29.2 Å². The van der Waals surface area contributed by atoms with Crippen LogP contribution in [0, 0.1) is 5.92 Å². The third-order valence-electron chi connectivity index (χ3n) is 3.59. The van der Waals surface area contributed by atoms with Gasteiger partial charge in [0.25, 0.3) is 0 Å². The third kappa shape index (κ3) is 4.11. The van der Waals surface area contributed by atoms with Gasteiger partial charge in [0.05, 0.1) is 0 Å². The molecule has 1 aromatic rings. The van der Waals surface area contributed by atoms with Gasteiger partial charge in [0, 0.05) is 11.7 Å². The van der Waals surface area contributed by atoms with Crippen LogP contribution in [0.25, 0.3) is 0 Å². The number of carbonyl (C=O) groups is 2. The van der Waals surface area contributed by atoms with Crippen LogP contribution in [0.4, 0.5) is 10.5 Å². The summed E-state index contributed by atoms with van der Waals surface area (Å²) in [5, 5.41) is 21.1. The molecule has 0 radical (unpaired) electrons. The number of hydrogen-bond donors (Lipinski definition) is 3. The molecule has 1 aliphatic carbocycles. The zero-order valence-corrected chi connectivity index (χ0v) is 12.0. The molecule has 2 rings (SSSR count). The van der Waals surface area contributed by atoms with Crippen LogP contribution in [0.2, 0.25) is 0 Å². The van der Waals surface area contributed by atoms with Gasteiger partial charge in [-0.3, -0.25) is 9.69 Å². The van der Waals surface area contributed by atoms with Gasteiger partial charge in [-0.1, -0.05) is 13.3 Å². The second kappa shape index (κ2) is 6.47. The van der Waals surface area contributed by atoms with E-state index in [2.05, 4.69) is 12.2 Å². The van der Waals surface area contributed by atoms with E-state index >= 15 is 0 Å². The number of nitrogens with one attached hydrogen (secondary N) is 1. The van der Waals surface area contributed by atoms with E-state index in [1.54, 1.807) is 0 Å². The molecule has 1 aromatic carbocycles. The van der Waals surface area contributed by atoms with E-state index in [0.717, 1.165) is 19.3 Å². The molecule has 1 fully saturated rings. The number of urea groups is 1. The summed E-state index contributed by atoms with van der Waals surface area (Å²) < 4.78 is 0. The number of phenolic OH excluding ortho intramolecular Hbond substituents is 1. The van der Waals surface area contributed by atoms with Gasteiger partial charge in [-0.25, -0.2) is 4.79 Å². The highest BCUT2D eigenvalue weighted by molar-refractivity contribution is 5.96. The predicted octanol–water partition coefficient (Wildman–Crippen LogP) is 2.18. The van der Waals surface area contributed by atoms with Crippen molar-refractivity contribution in [3.63, 3.8) is 0 Å². The quantitative estimate of drug-likeness (QED) is 0.749. The number of carboxylic acid groups (broad SMARTS) is 1. The molecular formula is C15H20N2O4. The number of phenols is 1. The lowest BCUT2D eigenvalue weighted by atomic mass is 10.2. The van der Waals surface area contributed by atoms with Gasteiger partial charge < -0.3 is 15.5 Å². The fraction of sp³-hybridized carbons (Fsp3) is 0.467. The first-order chi connectivity index (χ1) is 10.0. The Morgan fingerprint density at radius 1 is 1.33 bits per heavy atom. The largest absolute Gasteiger partial charge is 0.508 e. The minimum Gasteiger partial charge on any atom is -0.508 e. The molecule has 2 amide bonds. The van der Waals surface area contributed by atoms with Crippen molar-refractivity contribution in [3.8, 4) is 5.75 Å². The summed E-state index contributed by atoms with van der Waals surface area (Å²) >= 11 is 0. The molecule has 1 saturated carbocycles. The number of aromatic hydroxyl groups is 1. The van der Waals surface area contributed by atoms with Crippen LogP contribution in [0.15, 0.2) is 24.3 Å². The van der Waals surface area contributed by atoms with E-state index in [1.807, 2.05) is 0 Å². The maximum absolute atomic E-state index is 12.3. The molecule has 0 aliphatic heterocycles. The maximum Gasteiger partial charge on any atom is 0.323 e. The van der Waals surface area contributed by atoms with E-state index in [0.29, 0.717) is 11.6 Å². The molecule has 0 aromatic heterocycles. The second-order valence-electron chi connectivity index (χ2n) is 5.34. The predicted molar refractivity (Wildman–Crippen MR) is 78.4 cm³/mol. The minimum absolute atomic E-state index is 0.0691. The molecule has 21 heavy (non-hydrogen) atoms. The molecule has 114 valence electrons. The van der Waals surface area contributed by atoms with Gasteiger partial charge in [-0.2, -0.15) is 0 Å². The Bertz CT molecular complexity index is 515. The zero-order valence-electron chi connectivity index (χ0n) is 12.0. The first-order valence-corrected chi connectivity index (χ1v) is 7.10. The first kappa shape index (κ1) is 15.2. The Kier molecular flexibility index (Phi) is 4.67. The normalized spacial score (nSPS) is 19.9. The van der Waals surface area contributed by atoms with E-state index in [4.69, 9.17) is 5.11 Å². The number of anilines is 1. The SMILES string of the molecule is CCCC1CC1NC(=O)N(CC(=O)O)c1ccc(O)cc1. The zero-order chi connectivity index (χ0) is 15.4. The molecule has 0 saturated heterocycles. The maximum atomic E-state index is 12.3. The van der Waals surface area contributed by atoms with Crippen LogP contribution in [0.3, 0.4) is 0 Å². The molecule has 2 atom stereocenters. The van der Waals surface area contributed by atoms with E-state index in [9.17, 15) is 14.7 Å². The Morgan fingerprint density at radius 2 is 2.00 bits per heavy atom. The van der Waals surface area contributed by atoms with E-state index < -0.39 is 18.5 Å². The standard InChI is InChI=1S/C15H20N2O4/c1-2-3-10-8-13(10)16-15(21)17(9-14(19)20)11-4-6-12(18)7-5-11/h4-7,10,13,18H,2-3,8-9H2,1H3,(H,16,21)(H,19,20). The summed E-state index contributed by atoms with van der Waals surface area (Å²) in [5.74, 6) is -0.510. The summed E-state index contributed by atoms with van der Waals surface area (Å²) in [6, 6.07) is 5.63. The summed E-state index contributed by atoms with van der Waals surface area (Å²) in [5.41, 5.74) is 0.445. The molecule has 0 heterocycles. The third-order valence-corrected chi connectivity index (χ3v) is 3.59. The van der Waals surface area contributed by atoms with E-state index in [-0.39, 0.29) is 11.8 Å². The number of nitrogens with zero attached hydrogens (tertiary/aromatic N) is 1. The van der Waals surface area contributed by atoms with Gasteiger partial charge in [0.15, 0.2) is 0 Å². The van der Waals surface area contributed by atoms with Crippen molar-refractivity contribution < 1.29 is 19.8 Å². The topological polar surface area (TPSA) is 89.9 Å². The number of carbonyl (C=O) groups excluding carboxylic acids is 1. The van der Waals surface area contributed by atoms with Crippen LogP contribution < -0.4 is 10.2 Å². The molecular weight excluding hydrogens is 272 g/mol. The molecule has 1 aliphatic rings. The van der Waals surface area contributed by atoms with Crippen LogP contribution in [0.5, 0.6) is 5.75 Å². The lowest BCUT2D eigenvalue weighted by Gasteiger charge is -2.21. The van der Waals surface area contributed by atoms with Crippen molar-refractivity contribution in [1.29, 1.82) is 0 Å². The van der Waals surface area contributed by atoms with Gasteiger partial charge in [0.1, 0.15) is 12.3 Å².